The van der Waals surface area contributed by atoms with Gasteiger partial charge in [-0.1, -0.05) is 13.8 Å². The molecule has 118 valence electrons. The van der Waals surface area contributed by atoms with E-state index >= 15 is 0 Å². The molecule has 0 saturated carbocycles. The van der Waals surface area contributed by atoms with Gasteiger partial charge in [-0.05, 0) is 5.92 Å². The zero-order valence-corrected chi connectivity index (χ0v) is 14.2. The summed E-state index contributed by atoms with van der Waals surface area (Å²) in [6, 6.07) is 0. The van der Waals surface area contributed by atoms with Crippen LogP contribution in [0, 0.1) is 5.92 Å². The van der Waals surface area contributed by atoms with Crippen molar-refractivity contribution in [2.24, 2.45) is 5.92 Å². The van der Waals surface area contributed by atoms with E-state index < -0.39 is 5.97 Å². The second-order valence-electron chi connectivity index (χ2n) is 5.49. The highest BCUT2D eigenvalue weighted by atomic mass is 32.1. The fourth-order valence-corrected chi connectivity index (χ4v) is 3.19. The SMILES string of the molecule is COC(=O)c1c(N(C)CC(C)C)sc(C(=O)N(C)C)c1N. The molecule has 0 aliphatic rings. The van der Waals surface area contributed by atoms with E-state index in [1.165, 1.54) is 23.3 Å². The summed E-state index contributed by atoms with van der Waals surface area (Å²) in [6.45, 7) is 4.91. The molecule has 0 saturated heterocycles. The van der Waals surface area contributed by atoms with E-state index in [-0.39, 0.29) is 17.2 Å². The average Bonchev–Trinajstić information content (AvgIpc) is 2.73. The van der Waals surface area contributed by atoms with E-state index in [1.807, 2.05) is 11.9 Å². The lowest BCUT2D eigenvalue weighted by molar-refractivity contribution is 0.0603. The van der Waals surface area contributed by atoms with E-state index in [9.17, 15) is 9.59 Å². The number of anilines is 2. The van der Waals surface area contributed by atoms with Crippen molar-refractivity contribution in [3.05, 3.63) is 10.4 Å². The number of ether oxygens (including phenoxy) is 1. The predicted octanol–water partition coefficient (Wildman–Crippen LogP) is 1.91. The van der Waals surface area contributed by atoms with E-state index in [4.69, 9.17) is 10.5 Å². The molecule has 2 N–H and O–H groups in total. The van der Waals surface area contributed by atoms with Crippen molar-refractivity contribution in [1.29, 1.82) is 0 Å². The van der Waals surface area contributed by atoms with Crippen LogP contribution < -0.4 is 10.6 Å². The molecule has 1 aromatic heterocycles. The van der Waals surface area contributed by atoms with Gasteiger partial charge in [-0.25, -0.2) is 4.79 Å². The number of nitrogen functional groups attached to an aromatic ring is 1. The summed E-state index contributed by atoms with van der Waals surface area (Å²) in [5.74, 6) is -0.323. The van der Waals surface area contributed by atoms with Crippen molar-refractivity contribution in [1.82, 2.24) is 4.90 Å². The third-order valence-electron chi connectivity index (χ3n) is 2.90. The normalized spacial score (nSPS) is 10.6. The maximum absolute atomic E-state index is 12.2. The summed E-state index contributed by atoms with van der Waals surface area (Å²) < 4.78 is 4.80. The maximum Gasteiger partial charge on any atom is 0.343 e. The molecule has 0 bridgehead atoms. The van der Waals surface area contributed by atoms with Gasteiger partial charge >= 0.3 is 5.97 Å². The number of amides is 1. The second-order valence-corrected chi connectivity index (χ2v) is 6.49. The number of carbonyl (C=O) groups excluding carboxylic acids is 2. The smallest absolute Gasteiger partial charge is 0.343 e. The molecule has 6 nitrogen and oxygen atoms in total. The Labute approximate surface area is 129 Å². The van der Waals surface area contributed by atoms with Crippen molar-refractivity contribution >= 4 is 33.9 Å². The summed E-state index contributed by atoms with van der Waals surface area (Å²) in [5.41, 5.74) is 6.49. The molecule has 1 rings (SSSR count). The third kappa shape index (κ3) is 3.66. The molecule has 21 heavy (non-hydrogen) atoms. The number of methoxy groups -OCH3 is 1. The quantitative estimate of drug-likeness (QED) is 0.840. The van der Waals surface area contributed by atoms with E-state index in [1.54, 1.807) is 14.1 Å². The first-order valence-electron chi connectivity index (χ1n) is 6.64. The largest absolute Gasteiger partial charge is 0.465 e. The average molecular weight is 313 g/mol. The van der Waals surface area contributed by atoms with Crippen LogP contribution in [-0.4, -0.2) is 51.6 Å². The zero-order chi connectivity index (χ0) is 16.3. The van der Waals surface area contributed by atoms with Crippen LogP contribution in [0.3, 0.4) is 0 Å². The molecular weight excluding hydrogens is 290 g/mol. The van der Waals surface area contributed by atoms with Crippen molar-refractivity contribution in [3.8, 4) is 0 Å². The van der Waals surface area contributed by atoms with E-state index in [2.05, 4.69) is 13.8 Å². The second kappa shape index (κ2) is 6.80. The van der Waals surface area contributed by atoms with Gasteiger partial charge in [0.1, 0.15) is 15.4 Å². The van der Waals surface area contributed by atoms with Crippen LogP contribution in [0.15, 0.2) is 0 Å². The summed E-state index contributed by atoms with van der Waals surface area (Å²) in [4.78, 5) is 27.9. The van der Waals surface area contributed by atoms with Gasteiger partial charge in [-0.3, -0.25) is 4.79 Å². The number of esters is 1. The minimum Gasteiger partial charge on any atom is -0.465 e. The van der Waals surface area contributed by atoms with E-state index in [0.29, 0.717) is 15.8 Å². The van der Waals surface area contributed by atoms with Gasteiger partial charge in [-0.2, -0.15) is 0 Å². The van der Waals surface area contributed by atoms with Crippen LogP contribution in [0.25, 0.3) is 0 Å². The van der Waals surface area contributed by atoms with Gasteiger partial charge in [0.2, 0.25) is 0 Å². The third-order valence-corrected chi connectivity index (χ3v) is 4.21. The number of hydrogen-bond donors (Lipinski definition) is 1. The Morgan fingerprint density at radius 3 is 2.29 bits per heavy atom. The molecular formula is C14H23N3O3S. The molecule has 0 radical (unpaired) electrons. The lowest BCUT2D eigenvalue weighted by Gasteiger charge is -2.20. The van der Waals surface area contributed by atoms with Crippen LogP contribution in [0.1, 0.15) is 33.9 Å². The molecule has 0 fully saturated rings. The van der Waals surface area contributed by atoms with Crippen molar-refractivity contribution in [2.45, 2.75) is 13.8 Å². The fraction of sp³-hybridized carbons (Fsp3) is 0.571. The van der Waals surface area contributed by atoms with Gasteiger partial charge < -0.3 is 20.3 Å². The Morgan fingerprint density at radius 2 is 1.86 bits per heavy atom. The summed E-state index contributed by atoms with van der Waals surface area (Å²) in [5, 5.41) is 0.665. The zero-order valence-electron chi connectivity index (χ0n) is 13.4. The lowest BCUT2D eigenvalue weighted by Crippen LogP contribution is -2.23. The van der Waals surface area contributed by atoms with Crippen LogP contribution in [0.2, 0.25) is 0 Å². The van der Waals surface area contributed by atoms with Crippen LogP contribution in [-0.2, 0) is 4.74 Å². The molecule has 0 aromatic carbocycles. The molecule has 0 spiro atoms. The first-order chi connectivity index (χ1) is 9.70. The number of thiophene rings is 1. The number of nitrogens with zero attached hydrogens (tertiary/aromatic N) is 2. The molecule has 0 atom stereocenters. The van der Waals surface area contributed by atoms with Gasteiger partial charge in [0.15, 0.2) is 0 Å². The lowest BCUT2D eigenvalue weighted by atomic mass is 10.2. The Kier molecular flexibility index (Phi) is 5.60. The minimum absolute atomic E-state index is 0.191. The summed E-state index contributed by atoms with van der Waals surface area (Å²) in [7, 11) is 6.48. The molecule has 1 amide bonds. The first kappa shape index (κ1) is 17.3. The van der Waals surface area contributed by atoms with E-state index in [0.717, 1.165) is 6.54 Å². The number of nitrogens with two attached hydrogens (primary N) is 1. The van der Waals surface area contributed by atoms with Crippen LogP contribution >= 0.6 is 11.3 Å². The molecule has 0 aliphatic carbocycles. The predicted molar refractivity (Wildman–Crippen MR) is 86.2 cm³/mol. The van der Waals surface area contributed by atoms with Crippen LogP contribution in [0.4, 0.5) is 10.7 Å². The Bertz CT molecular complexity index is 538. The number of carbonyl (C=O) groups is 2. The highest BCUT2D eigenvalue weighted by Gasteiger charge is 2.28. The van der Waals surface area contributed by atoms with Gasteiger partial charge in [-0.15, -0.1) is 11.3 Å². The minimum atomic E-state index is -0.521. The Hall–Kier alpha value is -1.76. The van der Waals surface area contributed by atoms with Gasteiger partial charge in [0.05, 0.1) is 12.8 Å². The Morgan fingerprint density at radius 1 is 1.29 bits per heavy atom. The number of rotatable bonds is 5. The van der Waals surface area contributed by atoms with Crippen molar-refractivity contribution in [3.63, 3.8) is 0 Å². The molecule has 0 aliphatic heterocycles. The first-order valence-corrected chi connectivity index (χ1v) is 7.45. The molecule has 1 heterocycles. The molecule has 0 unspecified atom stereocenters. The molecule has 1 aromatic rings. The summed E-state index contributed by atoms with van der Waals surface area (Å²) in [6.07, 6.45) is 0. The topological polar surface area (TPSA) is 75.9 Å². The van der Waals surface area contributed by atoms with Crippen molar-refractivity contribution < 1.29 is 14.3 Å². The maximum atomic E-state index is 12.2. The highest BCUT2D eigenvalue weighted by molar-refractivity contribution is 7.19. The van der Waals surface area contributed by atoms with Gasteiger partial charge in [0.25, 0.3) is 5.91 Å². The fourth-order valence-electron chi connectivity index (χ4n) is 1.99. The van der Waals surface area contributed by atoms with Crippen molar-refractivity contribution in [2.75, 3.05) is 45.4 Å². The highest BCUT2D eigenvalue weighted by Crippen LogP contribution is 2.39. The standard InChI is InChI=1S/C14H23N3O3S/c1-8(2)7-17(5)13-9(14(19)20-6)10(15)11(21-13)12(18)16(3)4/h8H,7,15H2,1-6H3. The Balaban J connectivity index is 3.37. The monoisotopic (exact) mass is 313 g/mol. The number of hydrogen-bond acceptors (Lipinski definition) is 6. The molecule has 7 heteroatoms. The summed E-state index contributed by atoms with van der Waals surface area (Å²) >= 11 is 1.23. The van der Waals surface area contributed by atoms with Crippen LogP contribution in [0.5, 0.6) is 0 Å². The van der Waals surface area contributed by atoms with Gasteiger partial charge in [0, 0.05) is 27.7 Å².